The van der Waals surface area contributed by atoms with Gasteiger partial charge in [0.25, 0.3) is 0 Å². The molecule has 0 aliphatic carbocycles. The first-order valence-corrected chi connectivity index (χ1v) is 5.41. The van der Waals surface area contributed by atoms with Crippen molar-refractivity contribution in [2.75, 3.05) is 0 Å². The van der Waals surface area contributed by atoms with Crippen molar-refractivity contribution in [3.63, 3.8) is 0 Å². The lowest BCUT2D eigenvalue weighted by atomic mass is 10.1. The second-order valence-electron chi connectivity index (χ2n) is 4.04. The molecule has 17 heavy (non-hydrogen) atoms. The number of carboxylic acids is 1. The van der Waals surface area contributed by atoms with Crippen LogP contribution in [-0.4, -0.2) is 20.9 Å². The molecular weight excluding hydrogens is 216 g/mol. The molecule has 0 unspecified atom stereocenters. The monoisotopic (exact) mass is 230 g/mol. The molecule has 1 aromatic carbocycles. The van der Waals surface area contributed by atoms with Crippen molar-refractivity contribution in [1.82, 2.24) is 9.78 Å². The molecule has 0 atom stereocenters. The standard InChI is InChI=1S/C13H14N2O2/c1-9-7-10(2)15(14-9)12-6-4-3-5-11(12)8-13(16)17/h3-7H,8H2,1-2H3,(H,16,17). The second-order valence-corrected chi connectivity index (χ2v) is 4.04. The summed E-state index contributed by atoms with van der Waals surface area (Å²) in [5.41, 5.74) is 3.53. The van der Waals surface area contributed by atoms with Gasteiger partial charge in [-0.25, -0.2) is 4.68 Å². The third-order valence-corrected chi connectivity index (χ3v) is 2.57. The van der Waals surface area contributed by atoms with Crippen LogP contribution in [0.15, 0.2) is 30.3 Å². The quantitative estimate of drug-likeness (QED) is 0.878. The predicted molar refractivity (Wildman–Crippen MR) is 64.4 cm³/mol. The molecule has 0 radical (unpaired) electrons. The summed E-state index contributed by atoms with van der Waals surface area (Å²) in [6, 6.07) is 9.40. The number of benzene rings is 1. The molecule has 0 bridgehead atoms. The summed E-state index contributed by atoms with van der Waals surface area (Å²) in [4.78, 5) is 10.8. The first kappa shape index (κ1) is 11.4. The van der Waals surface area contributed by atoms with E-state index in [9.17, 15) is 4.79 Å². The lowest BCUT2D eigenvalue weighted by Gasteiger charge is -2.09. The molecular formula is C13H14N2O2. The van der Waals surface area contributed by atoms with Gasteiger partial charge in [0.1, 0.15) is 0 Å². The Morgan fingerprint density at radius 3 is 2.65 bits per heavy atom. The van der Waals surface area contributed by atoms with Crippen molar-refractivity contribution in [2.24, 2.45) is 0 Å². The third-order valence-electron chi connectivity index (χ3n) is 2.57. The fourth-order valence-electron chi connectivity index (χ4n) is 1.90. The van der Waals surface area contributed by atoms with E-state index in [4.69, 9.17) is 5.11 Å². The number of carbonyl (C=O) groups is 1. The molecule has 2 rings (SSSR count). The Kier molecular flexibility index (Phi) is 2.95. The maximum atomic E-state index is 10.8. The maximum Gasteiger partial charge on any atom is 0.307 e. The number of hydrogen-bond donors (Lipinski definition) is 1. The van der Waals surface area contributed by atoms with Crippen LogP contribution >= 0.6 is 0 Å². The van der Waals surface area contributed by atoms with Gasteiger partial charge in [-0.05, 0) is 31.5 Å². The van der Waals surface area contributed by atoms with E-state index in [1.165, 1.54) is 0 Å². The third kappa shape index (κ3) is 2.36. The summed E-state index contributed by atoms with van der Waals surface area (Å²) >= 11 is 0. The van der Waals surface area contributed by atoms with Crippen molar-refractivity contribution in [1.29, 1.82) is 0 Å². The highest BCUT2D eigenvalue weighted by atomic mass is 16.4. The van der Waals surface area contributed by atoms with Gasteiger partial charge in [-0.1, -0.05) is 18.2 Å². The Hall–Kier alpha value is -2.10. The van der Waals surface area contributed by atoms with Crippen LogP contribution in [0.5, 0.6) is 0 Å². The first-order valence-electron chi connectivity index (χ1n) is 5.41. The number of aromatic nitrogens is 2. The SMILES string of the molecule is Cc1cc(C)n(-c2ccccc2CC(=O)O)n1. The molecule has 4 heteroatoms. The van der Waals surface area contributed by atoms with Gasteiger partial charge in [-0.2, -0.15) is 5.10 Å². The van der Waals surface area contributed by atoms with Gasteiger partial charge in [0, 0.05) is 5.69 Å². The minimum atomic E-state index is -0.834. The molecule has 88 valence electrons. The Balaban J connectivity index is 2.51. The van der Waals surface area contributed by atoms with E-state index >= 15 is 0 Å². The summed E-state index contributed by atoms with van der Waals surface area (Å²) in [7, 11) is 0. The Labute approximate surface area is 99.5 Å². The average Bonchev–Trinajstić information content (AvgIpc) is 2.58. The molecule has 1 N–H and O–H groups in total. The van der Waals surface area contributed by atoms with E-state index in [1.54, 1.807) is 4.68 Å². The minimum Gasteiger partial charge on any atom is -0.481 e. The summed E-state index contributed by atoms with van der Waals surface area (Å²) in [6.45, 7) is 3.88. The van der Waals surface area contributed by atoms with Crippen LogP contribution in [0.25, 0.3) is 5.69 Å². The zero-order valence-electron chi connectivity index (χ0n) is 9.84. The van der Waals surface area contributed by atoms with Crippen LogP contribution in [0.2, 0.25) is 0 Å². The number of carboxylic acid groups (broad SMARTS) is 1. The van der Waals surface area contributed by atoms with Crippen LogP contribution in [0.3, 0.4) is 0 Å². The number of para-hydroxylation sites is 1. The number of nitrogens with zero attached hydrogens (tertiary/aromatic N) is 2. The van der Waals surface area contributed by atoms with Gasteiger partial charge >= 0.3 is 5.97 Å². The Morgan fingerprint density at radius 1 is 1.35 bits per heavy atom. The van der Waals surface area contributed by atoms with E-state index in [0.717, 1.165) is 22.6 Å². The molecule has 0 saturated carbocycles. The number of rotatable bonds is 3. The maximum absolute atomic E-state index is 10.8. The topological polar surface area (TPSA) is 55.1 Å². The van der Waals surface area contributed by atoms with Crippen LogP contribution in [0.4, 0.5) is 0 Å². The normalized spacial score (nSPS) is 10.5. The average molecular weight is 230 g/mol. The second kappa shape index (κ2) is 4.41. The van der Waals surface area contributed by atoms with E-state index < -0.39 is 5.97 Å². The van der Waals surface area contributed by atoms with Crippen molar-refractivity contribution in [3.05, 3.63) is 47.3 Å². The van der Waals surface area contributed by atoms with Crippen LogP contribution in [0, 0.1) is 13.8 Å². The van der Waals surface area contributed by atoms with E-state index in [-0.39, 0.29) is 6.42 Å². The zero-order chi connectivity index (χ0) is 12.4. The van der Waals surface area contributed by atoms with Gasteiger partial charge in [0.2, 0.25) is 0 Å². The Morgan fingerprint density at radius 2 is 2.06 bits per heavy atom. The largest absolute Gasteiger partial charge is 0.481 e. The number of aliphatic carboxylic acids is 1. The molecule has 2 aromatic rings. The molecule has 0 amide bonds. The Bertz CT molecular complexity index is 558. The summed E-state index contributed by atoms with van der Waals surface area (Å²) in [5, 5.41) is 13.3. The van der Waals surface area contributed by atoms with Crippen LogP contribution < -0.4 is 0 Å². The van der Waals surface area contributed by atoms with Crippen LogP contribution in [-0.2, 0) is 11.2 Å². The van der Waals surface area contributed by atoms with Gasteiger partial charge < -0.3 is 5.11 Å². The molecule has 0 aliphatic rings. The summed E-state index contributed by atoms with van der Waals surface area (Å²) in [6.07, 6.45) is 0.00845. The fourth-order valence-corrected chi connectivity index (χ4v) is 1.90. The van der Waals surface area contributed by atoms with Crippen molar-refractivity contribution >= 4 is 5.97 Å². The summed E-state index contributed by atoms with van der Waals surface area (Å²) < 4.78 is 1.79. The molecule has 0 aliphatic heterocycles. The van der Waals surface area contributed by atoms with Crippen molar-refractivity contribution in [3.8, 4) is 5.69 Å². The van der Waals surface area contributed by atoms with Crippen molar-refractivity contribution < 1.29 is 9.90 Å². The number of hydrogen-bond acceptors (Lipinski definition) is 2. The van der Waals surface area contributed by atoms with Crippen LogP contribution in [0.1, 0.15) is 17.0 Å². The molecule has 1 heterocycles. The highest BCUT2D eigenvalue weighted by Gasteiger charge is 2.10. The molecule has 0 spiro atoms. The number of aryl methyl sites for hydroxylation is 2. The fraction of sp³-hybridized carbons (Fsp3) is 0.231. The van der Waals surface area contributed by atoms with Gasteiger partial charge in [-0.3, -0.25) is 4.79 Å². The first-order chi connectivity index (χ1) is 8.08. The highest BCUT2D eigenvalue weighted by molar-refractivity contribution is 5.71. The van der Waals surface area contributed by atoms with E-state index in [2.05, 4.69) is 5.10 Å². The van der Waals surface area contributed by atoms with Gasteiger partial charge in [0.05, 0.1) is 17.8 Å². The zero-order valence-corrected chi connectivity index (χ0v) is 9.84. The predicted octanol–water partition coefficient (Wildman–Crippen LogP) is 2.12. The highest BCUT2D eigenvalue weighted by Crippen LogP contribution is 2.17. The lowest BCUT2D eigenvalue weighted by molar-refractivity contribution is -0.136. The minimum absolute atomic E-state index is 0.00845. The van der Waals surface area contributed by atoms with E-state index in [1.807, 2.05) is 44.2 Å². The van der Waals surface area contributed by atoms with Gasteiger partial charge in [0.15, 0.2) is 0 Å². The lowest BCUT2D eigenvalue weighted by Crippen LogP contribution is -2.07. The molecule has 0 fully saturated rings. The molecule has 0 saturated heterocycles. The van der Waals surface area contributed by atoms with E-state index in [0.29, 0.717) is 0 Å². The summed E-state index contributed by atoms with van der Waals surface area (Å²) in [5.74, 6) is -0.834. The molecule has 4 nitrogen and oxygen atoms in total. The van der Waals surface area contributed by atoms with Crippen molar-refractivity contribution in [2.45, 2.75) is 20.3 Å². The smallest absolute Gasteiger partial charge is 0.307 e. The van der Waals surface area contributed by atoms with Gasteiger partial charge in [-0.15, -0.1) is 0 Å². The molecule has 1 aromatic heterocycles.